The number of anilines is 1. The van der Waals surface area contributed by atoms with Crippen molar-refractivity contribution in [2.45, 2.75) is 19.9 Å². The SMILES string of the molecule is Cc1ccnc2c(C(=O)N[C@H](C)c3nc4cccc(C#Cc5c[nH]c6ccccc56)c4c(=O)n3-c3ccccc3)c(N)nn12. The molecule has 4 aromatic heterocycles. The Morgan fingerprint density at radius 1 is 0.977 bits per heavy atom. The lowest BCUT2D eigenvalue weighted by atomic mass is 10.1. The lowest BCUT2D eigenvalue weighted by Gasteiger charge is -2.20. The summed E-state index contributed by atoms with van der Waals surface area (Å²) in [6, 6.07) is 23.6. The summed E-state index contributed by atoms with van der Waals surface area (Å²) >= 11 is 0. The molecule has 0 radical (unpaired) electrons. The third-order valence-corrected chi connectivity index (χ3v) is 7.56. The zero-order chi connectivity index (χ0) is 30.4. The number of aryl methyl sites for hydroxylation is 1. The number of aromatic amines is 1. The molecule has 1 amide bonds. The van der Waals surface area contributed by atoms with E-state index in [1.807, 2.05) is 79.9 Å². The monoisotopic (exact) mass is 578 g/mol. The van der Waals surface area contributed by atoms with Gasteiger partial charge in [0.15, 0.2) is 11.5 Å². The third kappa shape index (κ3) is 4.44. The molecule has 3 aromatic carbocycles. The fourth-order valence-corrected chi connectivity index (χ4v) is 5.41. The molecule has 7 rings (SSSR count). The molecule has 0 aliphatic rings. The molecule has 0 spiro atoms. The minimum absolute atomic E-state index is 0.0573. The van der Waals surface area contributed by atoms with Gasteiger partial charge in [-0.3, -0.25) is 14.2 Å². The normalized spacial score (nSPS) is 11.9. The number of hydrogen-bond acceptors (Lipinski definition) is 6. The second-order valence-electron chi connectivity index (χ2n) is 10.4. The molecule has 0 aliphatic heterocycles. The number of rotatable bonds is 4. The number of nitrogens with two attached hydrogens (primary N) is 1. The van der Waals surface area contributed by atoms with Crippen LogP contribution in [-0.4, -0.2) is 35.0 Å². The van der Waals surface area contributed by atoms with Crippen LogP contribution >= 0.6 is 0 Å². The summed E-state index contributed by atoms with van der Waals surface area (Å²) in [6.07, 6.45) is 3.46. The first-order valence-electron chi connectivity index (χ1n) is 14.0. The van der Waals surface area contributed by atoms with Crippen molar-refractivity contribution in [1.82, 2.24) is 34.4 Å². The van der Waals surface area contributed by atoms with Gasteiger partial charge in [-0.05, 0) is 50.2 Å². The van der Waals surface area contributed by atoms with Gasteiger partial charge in [0.05, 0.1) is 28.2 Å². The van der Waals surface area contributed by atoms with Gasteiger partial charge >= 0.3 is 0 Å². The number of nitrogen functional groups attached to an aromatic ring is 1. The molecule has 0 unspecified atom stereocenters. The van der Waals surface area contributed by atoms with E-state index < -0.39 is 11.9 Å². The van der Waals surface area contributed by atoms with Gasteiger partial charge in [0.2, 0.25) is 0 Å². The summed E-state index contributed by atoms with van der Waals surface area (Å²) in [4.78, 5) is 40.3. The third-order valence-electron chi connectivity index (χ3n) is 7.56. The lowest BCUT2D eigenvalue weighted by molar-refractivity contribution is 0.0940. The summed E-state index contributed by atoms with van der Waals surface area (Å²) in [7, 11) is 0. The number of hydrogen-bond donors (Lipinski definition) is 3. The topological polar surface area (TPSA) is 136 Å². The van der Waals surface area contributed by atoms with Crippen molar-refractivity contribution in [3.8, 4) is 17.5 Å². The molecule has 7 aromatic rings. The first-order valence-corrected chi connectivity index (χ1v) is 14.0. The van der Waals surface area contributed by atoms with Gasteiger partial charge in [0, 0.05) is 34.6 Å². The molecule has 0 saturated carbocycles. The van der Waals surface area contributed by atoms with Gasteiger partial charge < -0.3 is 16.0 Å². The highest BCUT2D eigenvalue weighted by molar-refractivity contribution is 6.04. The zero-order valence-electron chi connectivity index (χ0n) is 23.9. The molecule has 4 heterocycles. The summed E-state index contributed by atoms with van der Waals surface area (Å²) < 4.78 is 3.05. The summed E-state index contributed by atoms with van der Waals surface area (Å²) in [5.74, 6) is 6.36. The first-order chi connectivity index (χ1) is 21.4. The number of carbonyl (C=O) groups excluding carboxylic acids is 1. The molecule has 0 aliphatic carbocycles. The van der Waals surface area contributed by atoms with Crippen LogP contribution in [0.5, 0.6) is 0 Å². The minimum atomic E-state index is -0.695. The van der Waals surface area contributed by atoms with E-state index in [9.17, 15) is 9.59 Å². The van der Waals surface area contributed by atoms with Gasteiger partial charge in [0.25, 0.3) is 11.5 Å². The fourth-order valence-electron chi connectivity index (χ4n) is 5.41. The van der Waals surface area contributed by atoms with E-state index in [1.165, 1.54) is 9.08 Å². The van der Waals surface area contributed by atoms with E-state index >= 15 is 0 Å². The molecule has 10 heteroatoms. The Balaban J connectivity index is 1.35. The summed E-state index contributed by atoms with van der Waals surface area (Å²) in [6.45, 7) is 3.62. The second-order valence-corrected chi connectivity index (χ2v) is 10.4. The number of nitrogens with zero attached hydrogens (tertiary/aromatic N) is 5. The summed E-state index contributed by atoms with van der Waals surface area (Å²) in [5.41, 5.74) is 10.6. The Hall–Kier alpha value is -6.21. The average Bonchev–Trinajstić information content (AvgIpc) is 3.61. The van der Waals surface area contributed by atoms with E-state index in [0.29, 0.717) is 33.6 Å². The number of nitrogens with one attached hydrogen (secondary N) is 2. The van der Waals surface area contributed by atoms with Gasteiger partial charge in [0.1, 0.15) is 11.4 Å². The van der Waals surface area contributed by atoms with Gasteiger partial charge in [-0.2, -0.15) is 0 Å². The van der Waals surface area contributed by atoms with Crippen molar-refractivity contribution in [2.75, 3.05) is 5.73 Å². The number of H-pyrrole nitrogens is 1. The van der Waals surface area contributed by atoms with Crippen LogP contribution in [0.1, 0.15) is 46.0 Å². The number of carbonyl (C=O) groups is 1. The van der Waals surface area contributed by atoms with Crippen LogP contribution in [-0.2, 0) is 0 Å². The van der Waals surface area contributed by atoms with Crippen LogP contribution in [0.4, 0.5) is 5.82 Å². The van der Waals surface area contributed by atoms with Gasteiger partial charge in [-0.15, -0.1) is 5.10 Å². The fraction of sp³-hybridized carbons (Fsp3) is 0.0882. The Bertz CT molecular complexity index is 2360. The van der Waals surface area contributed by atoms with Crippen LogP contribution in [0.3, 0.4) is 0 Å². The smallest absolute Gasteiger partial charge is 0.267 e. The van der Waals surface area contributed by atoms with Crippen LogP contribution in [0.15, 0.2) is 96.1 Å². The molecule has 1 atom stereocenters. The van der Waals surface area contributed by atoms with Crippen molar-refractivity contribution in [1.29, 1.82) is 0 Å². The van der Waals surface area contributed by atoms with E-state index in [-0.39, 0.29) is 16.9 Å². The molecule has 214 valence electrons. The highest BCUT2D eigenvalue weighted by atomic mass is 16.2. The van der Waals surface area contributed by atoms with Crippen LogP contribution < -0.4 is 16.6 Å². The van der Waals surface area contributed by atoms with E-state index in [1.54, 1.807) is 25.3 Å². The molecule has 10 nitrogen and oxygen atoms in total. The Morgan fingerprint density at radius 2 is 1.75 bits per heavy atom. The van der Waals surface area contributed by atoms with Crippen molar-refractivity contribution in [3.63, 3.8) is 0 Å². The van der Waals surface area contributed by atoms with E-state index in [0.717, 1.165) is 22.2 Å². The number of para-hydroxylation sites is 2. The van der Waals surface area contributed by atoms with Crippen molar-refractivity contribution in [3.05, 3.63) is 130 Å². The molecular formula is C34H26N8O2. The Kier molecular flexibility index (Phi) is 6.40. The highest BCUT2D eigenvalue weighted by Gasteiger charge is 2.25. The largest absolute Gasteiger partial charge is 0.381 e. The van der Waals surface area contributed by atoms with Gasteiger partial charge in [-0.25, -0.2) is 14.5 Å². The molecular weight excluding hydrogens is 552 g/mol. The predicted octanol–water partition coefficient (Wildman–Crippen LogP) is 4.69. The minimum Gasteiger partial charge on any atom is -0.381 e. The number of benzene rings is 3. The van der Waals surface area contributed by atoms with Crippen LogP contribution in [0.25, 0.3) is 33.1 Å². The molecule has 0 fully saturated rings. The lowest BCUT2D eigenvalue weighted by Crippen LogP contribution is -2.33. The number of aromatic nitrogens is 6. The molecule has 0 bridgehead atoms. The number of fused-ring (bicyclic) bond motifs is 3. The van der Waals surface area contributed by atoms with Crippen molar-refractivity contribution >= 4 is 39.2 Å². The van der Waals surface area contributed by atoms with E-state index in [4.69, 9.17) is 10.7 Å². The molecule has 4 N–H and O–H groups in total. The zero-order valence-corrected chi connectivity index (χ0v) is 23.9. The Labute approximate surface area is 251 Å². The highest BCUT2D eigenvalue weighted by Crippen LogP contribution is 2.23. The maximum Gasteiger partial charge on any atom is 0.267 e. The quantitative estimate of drug-likeness (QED) is 0.259. The maximum atomic E-state index is 14.3. The number of amides is 1. The standard InChI is InChI=1S/C34H26N8O2/c1-20-17-18-36-32-29(30(35)40-42(20)32)33(43)38-21(2)31-39-27-14-8-9-22(15-16-23-19-37-26-13-7-6-12-25(23)26)28(27)34(44)41(31)24-10-4-3-5-11-24/h3-14,17-19,21,37H,1-2H3,(H2,35,40)(H,38,43)/t21-/m1/s1. The average molecular weight is 579 g/mol. The molecule has 44 heavy (non-hydrogen) atoms. The predicted molar refractivity (Wildman–Crippen MR) is 170 cm³/mol. The van der Waals surface area contributed by atoms with Crippen LogP contribution in [0, 0.1) is 18.8 Å². The summed E-state index contributed by atoms with van der Waals surface area (Å²) in [5, 5.41) is 8.63. The van der Waals surface area contributed by atoms with Crippen LogP contribution in [0.2, 0.25) is 0 Å². The van der Waals surface area contributed by atoms with Crippen molar-refractivity contribution < 1.29 is 4.79 Å². The Morgan fingerprint density at radius 3 is 2.59 bits per heavy atom. The van der Waals surface area contributed by atoms with Crippen molar-refractivity contribution in [2.24, 2.45) is 0 Å². The first kappa shape index (κ1) is 26.7. The maximum absolute atomic E-state index is 14.3. The van der Waals surface area contributed by atoms with E-state index in [2.05, 4.69) is 32.2 Å². The van der Waals surface area contributed by atoms with Gasteiger partial charge in [-0.1, -0.05) is 54.3 Å². The molecule has 0 saturated heterocycles. The second kappa shape index (κ2) is 10.6.